The summed E-state index contributed by atoms with van der Waals surface area (Å²) in [6, 6.07) is 11.0. The van der Waals surface area contributed by atoms with Crippen LogP contribution in [0.3, 0.4) is 0 Å². The summed E-state index contributed by atoms with van der Waals surface area (Å²) in [6.45, 7) is 5.40. The van der Waals surface area contributed by atoms with E-state index in [1.54, 1.807) is 58.2 Å². The monoisotopic (exact) mass is 468 g/mol. The molecule has 1 aromatic carbocycles. The molecule has 0 saturated heterocycles. The second-order valence-electron chi connectivity index (χ2n) is 7.10. The fourth-order valence-corrected chi connectivity index (χ4v) is 4.27. The van der Waals surface area contributed by atoms with E-state index in [0.29, 0.717) is 39.2 Å². The number of aromatic nitrogens is 1. The highest BCUT2D eigenvalue weighted by Gasteiger charge is 2.35. The van der Waals surface area contributed by atoms with Crippen molar-refractivity contribution in [2.24, 2.45) is 0 Å². The zero-order valence-corrected chi connectivity index (χ0v) is 19.5. The number of benzene rings is 1. The molecule has 1 unspecified atom stereocenters. The molecule has 1 aliphatic rings. The quantitative estimate of drug-likeness (QED) is 0.558. The largest absolute Gasteiger partial charge is 0.497 e. The number of hydrogen-bond acceptors (Lipinski definition) is 9. The van der Waals surface area contributed by atoms with Gasteiger partial charge in [-0.3, -0.25) is 4.79 Å². The summed E-state index contributed by atoms with van der Waals surface area (Å²) in [7, 11) is 1.56. The van der Waals surface area contributed by atoms with E-state index in [4.69, 9.17) is 14.0 Å². The molecule has 10 heteroatoms. The van der Waals surface area contributed by atoms with E-state index < -0.39 is 11.9 Å². The number of rotatable bonds is 8. The molecule has 0 aliphatic carbocycles. The Morgan fingerprint density at radius 2 is 2.03 bits per heavy atom. The maximum absolute atomic E-state index is 12.8. The van der Waals surface area contributed by atoms with Crippen LogP contribution in [0.2, 0.25) is 0 Å². The molecule has 0 fully saturated rings. The molecule has 172 valence electrons. The SMILES string of the molecule is CCOC(=O)C1=C(C)NC(SCC(=O)Nc2cc(C)on2)=C(C#N)C1c1ccc(OC)cc1. The smallest absolute Gasteiger partial charge is 0.336 e. The van der Waals surface area contributed by atoms with Crippen molar-refractivity contribution in [1.82, 2.24) is 10.5 Å². The number of amides is 1. The van der Waals surface area contributed by atoms with Crippen molar-refractivity contribution >= 4 is 29.5 Å². The molecule has 3 rings (SSSR count). The molecule has 2 N–H and O–H groups in total. The van der Waals surface area contributed by atoms with Crippen molar-refractivity contribution in [3.63, 3.8) is 0 Å². The summed E-state index contributed by atoms with van der Waals surface area (Å²) in [5, 5.41) is 20.0. The Balaban J connectivity index is 1.91. The summed E-state index contributed by atoms with van der Waals surface area (Å²) < 4.78 is 15.4. The maximum atomic E-state index is 12.8. The highest BCUT2D eigenvalue weighted by atomic mass is 32.2. The molecular formula is C23H24N4O5S. The number of esters is 1. The van der Waals surface area contributed by atoms with E-state index in [1.807, 2.05) is 0 Å². The molecule has 0 saturated carbocycles. The van der Waals surface area contributed by atoms with Crippen molar-refractivity contribution < 1.29 is 23.6 Å². The number of carbonyl (C=O) groups is 2. The standard InChI is InChI=1S/C23H24N4O5S/c1-5-31-23(29)20-14(3)25-22(33-12-19(28)26-18-10-13(2)32-27-18)17(11-24)21(20)15-6-8-16(30-4)9-7-15/h6-10,21,25H,5,12H2,1-4H3,(H,26,27,28). The molecular weight excluding hydrogens is 444 g/mol. The van der Waals surface area contributed by atoms with E-state index in [9.17, 15) is 14.9 Å². The number of allylic oxidation sites excluding steroid dienone is 2. The average molecular weight is 469 g/mol. The lowest BCUT2D eigenvalue weighted by atomic mass is 9.82. The Morgan fingerprint density at radius 1 is 1.30 bits per heavy atom. The van der Waals surface area contributed by atoms with Crippen LogP contribution in [0, 0.1) is 18.3 Å². The number of thioether (sulfide) groups is 1. The highest BCUT2D eigenvalue weighted by molar-refractivity contribution is 8.03. The summed E-state index contributed by atoms with van der Waals surface area (Å²) in [4.78, 5) is 25.2. The van der Waals surface area contributed by atoms with Gasteiger partial charge in [0, 0.05) is 11.8 Å². The summed E-state index contributed by atoms with van der Waals surface area (Å²) in [5.74, 6) is 0.124. The van der Waals surface area contributed by atoms with Crippen LogP contribution in [0.25, 0.3) is 0 Å². The lowest BCUT2D eigenvalue weighted by molar-refractivity contribution is -0.138. The Morgan fingerprint density at radius 3 is 2.61 bits per heavy atom. The third kappa shape index (κ3) is 5.56. The zero-order valence-electron chi connectivity index (χ0n) is 18.7. The van der Waals surface area contributed by atoms with Gasteiger partial charge in [-0.25, -0.2) is 4.79 Å². The number of aryl methyl sites for hydroxylation is 1. The number of methoxy groups -OCH3 is 1. The highest BCUT2D eigenvalue weighted by Crippen LogP contribution is 2.41. The molecule has 1 atom stereocenters. The fourth-order valence-electron chi connectivity index (χ4n) is 3.38. The lowest BCUT2D eigenvalue weighted by Crippen LogP contribution is -2.29. The first-order valence-corrected chi connectivity index (χ1v) is 11.2. The van der Waals surface area contributed by atoms with Crippen molar-refractivity contribution in [2.75, 3.05) is 24.8 Å². The summed E-state index contributed by atoms with van der Waals surface area (Å²) in [5.41, 5.74) is 1.97. The van der Waals surface area contributed by atoms with Gasteiger partial charge in [-0.05, 0) is 38.5 Å². The lowest BCUT2D eigenvalue weighted by Gasteiger charge is -2.29. The number of carbonyl (C=O) groups excluding carboxylic acids is 2. The van der Waals surface area contributed by atoms with Gasteiger partial charge in [0.1, 0.15) is 11.5 Å². The van der Waals surface area contributed by atoms with Gasteiger partial charge >= 0.3 is 5.97 Å². The number of ether oxygens (including phenoxy) is 2. The van der Waals surface area contributed by atoms with E-state index >= 15 is 0 Å². The van der Waals surface area contributed by atoms with Crippen LogP contribution < -0.4 is 15.4 Å². The van der Waals surface area contributed by atoms with Crippen LogP contribution in [-0.2, 0) is 14.3 Å². The van der Waals surface area contributed by atoms with Crippen LogP contribution in [0.15, 0.2) is 56.7 Å². The van der Waals surface area contributed by atoms with E-state index in [-0.39, 0.29) is 18.3 Å². The molecule has 2 aromatic rings. The molecule has 33 heavy (non-hydrogen) atoms. The van der Waals surface area contributed by atoms with Crippen molar-refractivity contribution in [3.8, 4) is 11.8 Å². The third-order valence-corrected chi connectivity index (χ3v) is 5.85. The number of nitrogens with one attached hydrogen (secondary N) is 2. The second-order valence-corrected chi connectivity index (χ2v) is 8.09. The fraction of sp³-hybridized carbons (Fsp3) is 0.304. The third-order valence-electron chi connectivity index (χ3n) is 4.84. The Labute approximate surface area is 195 Å². The number of anilines is 1. The Kier molecular flexibility index (Phi) is 7.79. The van der Waals surface area contributed by atoms with Gasteiger partial charge in [-0.1, -0.05) is 29.1 Å². The summed E-state index contributed by atoms with van der Waals surface area (Å²) in [6.07, 6.45) is 0. The van der Waals surface area contributed by atoms with Crippen molar-refractivity contribution in [2.45, 2.75) is 26.7 Å². The molecule has 1 aromatic heterocycles. The molecule has 2 heterocycles. The summed E-state index contributed by atoms with van der Waals surface area (Å²) >= 11 is 1.17. The average Bonchev–Trinajstić information content (AvgIpc) is 3.21. The van der Waals surface area contributed by atoms with Gasteiger partial charge in [0.2, 0.25) is 5.91 Å². The van der Waals surface area contributed by atoms with Crippen LogP contribution in [0.5, 0.6) is 5.75 Å². The second kappa shape index (κ2) is 10.7. The van der Waals surface area contributed by atoms with Crippen LogP contribution in [0.1, 0.15) is 31.1 Å². The van der Waals surface area contributed by atoms with Crippen LogP contribution in [-0.4, -0.2) is 36.5 Å². The van der Waals surface area contributed by atoms with Gasteiger partial charge in [-0.15, -0.1) is 0 Å². The number of nitrogens with zero attached hydrogens (tertiary/aromatic N) is 2. The van der Waals surface area contributed by atoms with Gasteiger partial charge in [0.15, 0.2) is 5.82 Å². The first kappa shape index (κ1) is 23.9. The first-order valence-electron chi connectivity index (χ1n) is 10.2. The normalized spacial score (nSPS) is 15.5. The predicted molar refractivity (Wildman–Crippen MR) is 123 cm³/mol. The van der Waals surface area contributed by atoms with E-state index in [2.05, 4.69) is 21.9 Å². The molecule has 0 radical (unpaired) electrons. The number of dihydropyridines is 1. The van der Waals surface area contributed by atoms with Crippen molar-refractivity contribution in [3.05, 3.63) is 63.5 Å². The predicted octanol–water partition coefficient (Wildman–Crippen LogP) is 3.62. The van der Waals surface area contributed by atoms with Gasteiger partial charge in [-0.2, -0.15) is 5.26 Å². The van der Waals surface area contributed by atoms with Crippen LogP contribution in [0.4, 0.5) is 5.82 Å². The first-order chi connectivity index (χ1) is 15.9. The van der Waals surface area contributed by atoms with Crippen LogP contribution >= 0.6 is 11.8 Å². The zero-order chi connectivity index (χ0) is 24.0. The Bertz CT molecular complexity index is 1140. The molecule has 1 aliphatic heterocycles. The van der Waals surface area contributed by atoms with Gasteiger partial charge < -0.3 is 24.6 Å². The maximum Gasteiger partial charge on any atom is 0.336 e. The van der Waals surface area contributed by atoms with Crippen molar-refractivity contribution in [1.29, 1.82) is 5.26 Å². The number of hydrogen-bond donors (Lipinski definition) is 2. The van der Waals surface area contributed by atoms with E-state index in [0.717, 1.165) is 5.56 Å². The van der Waals surface area contributed by atoms with Gasteiger partial charge in [0.25, 0.3) is 0 Å². The van der Waals surface area contributed by atoms with E-state index in [1.165, 1.54) is 11.8 Å². The topological polar surface area (TPSA) is 126 Å². The number of nitriles is 1. The Hall–Kier alpha value is -3.71. The molecule has 0 spiro atoms. The minimum atomic E-state index is -0.648. The molecule has 9 nitrogen and oxygen atoms in total. The minimum Gasteiger partial charge on any atom is -0.497 e. The molecule has 0 bridgehead atoms. The van der Waals surface area contributed by atoms with Gasteiger partial charge in [0.05, 0.1) is 47.6 Å². The molecule has 1 amide bonds. The minimum absolute atomic E-state index is 0.0246.